The maximum absolute atomic E-state index is 13.3. The third-order valence-corrected chi connectivity index (χ3v) is 6.86. The number of benzene rings is 3. The molecule has 3 aromatic carbocycles. The second kappa shape index (κ2) is 10.7. The number of nitro groups is 1. The summed E-state index contributed by atoms with van der Waals surface area (Å²) >= 11 is 0. The Morgan fingerprint density at radius 2 is 1.71 bits per heavy atom. The minimum atomic E-state index is -4.03. The summed E-state index contributed by atoms with van der Waals surface area (Å²) in [6, 6.07) is 20.6. The first-order valence-electron chi connectivity index (χ1n) is 10.5. The molecule has 0 aliphatic rings. The van der Waals surface area contributed by atoms with Crippen molar-refractivity contribution in [3.05, 3.63) is 100 Å². The van der Waals surface area contributed by atoms with Crippen LogP contribution in [0.2, 0.25) is 0 Å². The summed E-state index contributed by atoms with van der Waals surface area (Å²) in [6.45, 7) is 3.07. The Balaban J connectivity index is 1.86. The molecule has 0 aromatic heterocycles. The molecule has 0 spiro atoms. The number of rotatable bonds is 9. The maximum atomic E-state index is 13.3. The van der Waals surface area contributed by atoms with Gasteiger partial charge in [-0.3, -0.25) is 19.2 Å². The Morgan fingerprint density at radius 1 is 1.03 bits per heavy atom. The zero-order chi connectivity index (χ0) is 24.7. The normalized spacial score (nSPS) is 11.6. The first kappa shape index (κ1) is 24.6. The average molecular weight is 481 g/mol. The van der Waals surface area contributed by atoms with Crippen molar-refractivity contribution in [1.82, 2.24) is 5.43 Å². The molecule has 0 heterocycles. The number of non-ortho nitro benzene ring substituents is 1. The molecule has 0 aliphatic carbocycles. The van der Waals surface area contributed by atoms with Crippen molar-refractivity contribution < 1.29 is 18.1 Å². The van der Waals surface area contributed by atoms with E-state index in [0.29, 0.717) is 17.0 Å². The fourth-order valence-corrected chi connectivity index (χ4v) is 4.60. The Kier molecular flexibility index (Phi) is 7.75. The van der Waals surface area contributed by atoms with Gasteiger partial charge >= 0.3 is 0 Å². The van der Waals surface area contributed by atoms with Gasteiger partial charge in [-0.25, -0.2) is 13.8 Å². The predicted molar refractivity (Wildman–Crippen MR) is 130 cm³/mol. The smallest absolute Gasteiger partial charge is 0.270 e. The molecule has 176 valence electrons. The SMILES string of the molecule is CCc1ccc(N(CC(=O)N/N=C(/C)c2cccc([N+](=O)[O-])c2)S(=O)(=O)c2ccccc2)cc1. The first-order valence-corrected chi connectivity index (χ1v) is 11.9. The highest BCUT2D eigenvalue weighted by Gasteiger charge is 2.27. The van der Waals surface area contributed by atoms with Gasteiger partial charge in [0.1, 0.15) is 6.54 Å². The highest BCUT2D eigenvalue weighted by Crippen LogP contribution is 2.24. The average Bonchev–Trinajstić information content (AvgIpc) is 2.86. The van der Waals surface area contributed by atoms with E-state index in [-0.39, 0.29) is 10.6 Å². The molecule has 1 amide bonds. The van der Waals surface area contributed by atoms with Gasteiger partial charge in [-0.1, -0.05) is 49.4 Å². The van der Waals surface area contributed by atoms with Crippen LogP contribution in [0.25, 0.3) is 0 Å². The number of aryl methyl sites for hydroxylation is 1. The van der Waals surface area contributed by atoms with E-state index in [1.807, 2.05) is 19.1 Å². The quantitative estimate of drug-likeness (QED) is 0.283. The second-order valence-corrected chi connectivity index (χ2v) is 9.25. The van der Waals surface area contributed by atoms with Crippen LogP contribution >= 0.6 is 0 Å². The molecule has 0 fully saturated rings. The van der Waals surface area contributed by atoms with Gasteiger partial charge in [0.25, 0.3) is 21.6 Å². The number of nitrogens with zero attached hydrogens (tertiary/aromatic N) is 3. The maximum Gasteiger partial charge on any atom is 0.270 e. The first-order chi connectivity index (χ1) is 16.2. The fourth-order valence-electron chi connectivity index (χ4n) is 3.15. The van der Waals surface area contributed by atoms with E-state index in [9.17, 15) is 23.3 Å². The third-order valence-electron chi connectivity index (χ3n) is 5.07. The summed E-state index contributed by atoms with van der Waals surface area (Å²) in [5.74, 6) is -0.663. The fraction of sp³-hybridized carbons (Fsp3) is 0.167. The van der Waals surface area contributed by atoms with Gasteiger partial charge in [-0.15, -0.1) is 0 Å². The minimum absolute atomic E-state index is 0.0543. The van der Waals surface area contributed by atoms with Crippen LogP contribution in [0.5, 0.6) is 0 Å². The molecular weight excluding hydrogens is 456 g/mol. The van der Waals surface area contributed by atoms with Crippen LogP contribution in [0.15, 0.2) is 88.9 Å². The van der Waals surface area contributed by atoms with Crippen molar-refractivity contribution in [2.45, 2.75) is 25.2 Å². The van der Waals surface area contributed by atoms with E-state index in [1.54, 1.807) is 43.3 Å². The van der Waals surface area contributed by atoms with Gasteiger partial charge in [0, 0.05) is 17.7 Å². The summed E-state index contributed by atoms with van der Waals surface area (Å²) in [5.41, 5.74) is 4.41. The second-order valence-electron chi connectivity index (χ2n) is 7.38. The van der Waals surface area contributed by atoms with E-state index in [0.717, 1.165) is 16.3 Å². The molecule has 0 saturated carbocycles. The molecule has 34 heavy (non-hydrogen) atoms. The molecule has 10 heteroatoms. The molecule has 0 saturated heterocycles. The number of hydrogen-bond acceptors (Lipinski definition) is 6. The van der Waals surface area contributed by atoms with Gasteiger partial charge in [0.15, 0.2) is 0 Å². The van der Waals surface area contributed by atoms with E-state index in [4.69, 9.17) is 0 Å². The molecular formula is C24H24N4O5S. The Morgan fingerprint density at radius 3 is 2.32 bits per heavy atom. The molecule has 3 rings (SSSR count). The number of hydrazone groups is 1. The van der Waals surface area contributed by atoms with Crippen LogP contribution in [0.3, 0.4) is 0 Å². The van der Waals surface area contributed by atoms with Crippen molar-refractivity contribution in [3.63, 3.8) is 0 Å². The number of carbonyl (C=O) groups is 1. The van der Waals surface area contributed by atoms with Crippen LogP contribution in [-0.4, -0.2) is 31.5 Å². The molecule has 0 bridgehead atoms. The highest BCUT2D eigenvalue weighted by molar-refractivity contribution is 7.92. The Bertz CT molecular complexity index is 1310. The van der Waals surface area contributed by atoms with Crippen molar-refractivity contribution in [1.29, 1.82) is 0 Å². The van der Waals surface area contributed by atoms with Gasteiger partial charge in [-0.2, -0.15) is 5.10 Å². The lowest BCUT2D eigenvalue weighted by molar-refractivity contribution is -0.384. The van der Waals surface area contributed by atoms with Crippen molar-refractivity contribution in [2.24, 2.45) is 5.10 Å². The van der Waals surface area contributed by atoms with Crippen molar-refractivity contribution >= 4 is 33.0 Å². The highest BCUT2D eigenvalue weighted by atomic mass is 32.2. The largest absolute Gasteiger partial charge is 0.271 e. The number of sulfonamides is 1. The van der Waals surface area contributed by atoms with Crippen molar-refractivity contribution in [2.75, 3.05) is 10.8 Å². The van der Waals surface area contributed by atoms with E-state index in [2.05, 4.69) is 10.5 Å². The molecule has 0 atom stereocenters. The molecule has 0 unspecified atom stereocenters. The summed E-state index contributed by atoms with van der Waals surface area (Å²) in [6.07, 6.45) is 0.790. The predicted octanol–water partition coefficient (Wildman–Crippen LogP) is 3.89. The van der Waals surface area contributed by atoms with Crippen molar-refractivity contribution in [3.8, 4) is 0 Å². The van der Waals surface area contributed by atoms with Crippen LogP contribution in [0.1, 0.15) is 25.0 Å². The summed E-state index contributed by atoms with van der Waals surface area (Å²) in [5, 5.41) is 15.0. The topological polar surface area (TPSA) is 122 Å². The number of hydrogen-bond donors (Lipinski definition) is 1. The third kappa shape index (κ3) is 5.84. The lowest BCUT2D eigenvalue weighted by Gasteiger charge is -2.24. The minimum Gasteiger partial charge on any atom is -0.271 e. The molecule has 9 nitrogen and oxygen atoms in total. The number of anilines is 1. The number of carbonyl (C=O) groups excluding carboxylic acids is 1. The lowest BCUT2D eigenvalue weighted by atomic mass is 10.1. The number of amides is 1. The van der Waals surface area contributed by atoms with E-state index < -0.39 is 27.4 Å². The zero-order valence-corrected chi connectivity index (χ0v) is 19.5. The molecule has 0 aliphatic heterocycles. The van der Waals surface area contributed by atoms with Crippen LogP contribution in [0, 0.1) is 10.1 Å². The molecule has 1 N–H and O–H groups in total. The van der Waals surface area contributed by atoms with E-state index in [1.165, 1.54) is 30.3 Å². The molecule has 0 radical (unpaired) electrons. The summed E-state index contributed by atoms with van der Waals surface area (Å²) in [7, 11) is -4.03. The van der Waals surface area contributed by atoms with E-state index >= 15 is 0 Å². The standard InChI is InChI=1S/C24H24N4O5S/c1-3-19-12-14-21(15-13-19)27(34(32,33)23-10-5-4-6-11-23)17-24(29)26-25-18(2)20-8-7-9-22(16-20)28(30)31/h4-16H,3,17H2,1-2H3,(H,26,29)/b25-18-. The number of nitro benzene ring substituents is 1. The van der Waals surface area contributed by atoms with Crippen LogP contribution in [-0.2, 0) is 21.2 Å². The molecule has 3 aromatic rings. The van der Waals surface area contributed by atoms with Crippen LogP contribution in [0.4, 0.5) is 11.4 Å². The Hall–Kier alpha value is -4.05. The summed E-state index contributed by atoms with van der Waals surface area (Å²) in [4.78, 5) is 23.2. The van der Waals surface area contributed by atoms with Gasteiger partial charge in [0.2, 0.25) is 0 Å². The summed E-state index contributed by atoms with van der Waals surface area (Å²) < 4.78 is 27.7. The lowest BCUT2D eigenvalue weighted by Crippen LogP contribution is -2.39. The van der Waals surface area contributed by atoms with Gasteiger partial charge in [-0.05, 0) is 43.2 Å². The zero-order valence-electron chi connectivity index (χ0n) is 18.7. The van der Waals surface area contributed by atoms with Gasteiger partial charge in [0.05, 0.1) is 21.2 Å². The van der Waals surface area contributed by atoms with Crippen LogP contribution < -0.4 is 9.73 Å². The monoisotopic (exact) mass is 480 g/mol. The van der Waals surface area contributed by atoms with Gasteiger partial charge < -0.3 is 0 Å². The number of nitrogens with one attached hydrogen (secondary N) is 1. The Labute approximate surface area is 197 Å².